The Balaban J connectivity index is 1.82. The van der Waals surface area contributed by atoms with Crippen LogP contribution in [0, 0.1) is 0 Å². The van der Waals surface area contributed by atoms with Crippen molar-refractivity contribution in [3.63, 3.8) is 0 Å². The van der Waals surface area contributed by atoms with Gasteiger partial charge in [0.15, 0.2) is 0 Å². The molecule has 0 saturated heterocycles. The normalized spacial score (nSPS) is 16.0. The number of alkyl carbamates (subject to hydrolysis) is 1. The predicted octanol–water partition coefficient (Wildman–Crippen LogP) is 3.40. The number of hydrogen-bond acceptors (Lipinski definition) is 3. The minimum absolute atomic E-state index is 0.0217. The summed E-state index contributed by atoms with van der Waals surface area (Å²) in [5.41, 5.74) is 0.593. The summed E-state index contributed by atoms with van der Waals surface area (Å²) in [7, 11) is 0. The highest BCUT2D eigenvalue weighted by Gasteiger charge is 2.38. The Morgan fingerprint density at radius 2 is 1.79 bits per heavy atom. The number of ether oxygens (including phenoxy) is 1. The quantitative estimate of drug-likeness (QED) is 0.853. The van der Waals surface area contributed by atoms with Crippen LogP contribution in [0.2, 0.25) is 5.02 Å². The molecular formula is C18H25ClN2O3. The van der Waals surface area contributed by atoms with Crippen LogP contribution >= 0.6 is 11.6 Å². The minimum Gasteiger partial charge on any atom is -0.444 e. The Hall–Kier alpha value is -1.75. The first kappa shape index (κ1) is 18.6. The Bertz CT molecular complexity index is 589. The first-order chi connectivity index (χ1) is 11.2. The van der Waals surface area contributed by atoms with Gasteiger partial charge < -0.3 is 15.4 Å². The second-order valence-electron chi connectivity index (χ2n) is 7.27. The van der Waals surface area contributed by atoms with Crippen molar-refractivity contribution in [3.8, 4) is 0 Å². The highest BCUT2D eigenvalue weighted by Crippen LogP contribution is 2.43. The number of carbonyl (C=O) groups excluding carboxylic acids is 2. The summed E-state index contributed by atoms with van der Waals surface area (Å²) in [4.78, 5) is 23.5. The van der Waals surface area contributed by atoms with Crippen molar-refractivity contribution < 1.29 is 14.3 Å². The fraction of sp³-hybridized carbons (Fsp3) is 0.556. The maximum atomic E-state index is 12.0. The molecule has 2 amide bonds. The molecule has 0 radical (unpaired) electrons. The lowest BCUT2D eigenvalue weighted by Crippen LogP contribution is -2.48. The Morgan fingerprint density at radius 3 is 2.29 bits per heavy atom. The van der Waals surface area contributed by atoms with Crippen LogP contribution < -0.4 is 10.6 Å². The molecule has 1 aliphatic rings. The van der Waals surface area contributed by atoms with E-state index in [4.69, 9.17) is 16.3 Å². The van der Waals surface area contributed by atoms with Gasteiger partial charge in [-0.25, -0.2) is 4.79 Å². The maximum absolute atomic E-state index is 12.0. The lowest BCUT2D eigenvalue weighted by atomic mass is 9.64. The summed E-state index contributed by atoms with van der Waals surface area (Å²) in [6.07, 6.45) is 2.63. The molecule has 0 spiro atoms. The van der Waals surface area contributed by atoms with Crippen LogP contribution in [0.25, 0.3) is 0 Å². The monoisotopic (exact) mass is 352 g/mol. The molecule has 1 fully saturated rings. The van der Waals surface area contributed by atoms with Gasteiger partial charge in [-0.1, -0.05) is 30.2 Å². The van der Waals surface area contributed by atoms with Crippen molar-refractivity contribution in [3.05, 3.63) is 34.9 Å². The standard InChI is InChI=1S/C18H25ClN2O3/c1-17(2,3)24-16(23)20-11-15(22)21-12-18(9-4-10-18)13-5-7-14(19)8-6-13/h5-8H,4,9-12H2,1-3H3,(H,20,23)(H,21,22). The smallest absolute Gasteiger partial charge is 0.408 e. The van der Waals surface area contributed by atoms with E-state index < -0.39 is 11.7 Å². The number of halogens is 1. The van der Waals surface area contributed by atoms with Crippen molar-refractivity contribution in [1.29, 1.82) is 0 Å². The maximum Gasteiger partial charge on any atom is 0.408 e. The first-order valence-electron chi connectivity index (χ1n) is 8.20. The van der Waals surface area contributed by atoms with Crippen LogP contribution in [-0.4, -0.2) is 30.7 Å². The minimum atomic E-state index is -0.589. The van der Waals surface area contributed by atoms with E-state index >= 15 is 0 Å². The molecule has 1 aliphatic carbocycles. The van der Waals surface area contributed by atoms with Gasteiger partial charge in [0, 0.05) is 17.0 Å². The highest BCUT2D eigenvalue weighted by atomic mass is 35.5. The first-order valence-corrected chi connectivity index (χ1v) is 8.58. The van der Waals surface area contributed by atoms with E-state index in [-0.39, 0.29) is 17.9 Å². The van der Waals surface area contributed by atoms with Crippen LogP contribution in [0.15, 0.2) is 24.3 Å². The van der Waals surface area contributed by atoms with Crippen LogP contribution in [0.5, 0.6) is 0 Å². The molecule has 0 heterocycles. The van der Waals surface area contributed by atoms with Crippen LogP contribution in [-0.2, 0) is 14.9 Å². The number of nitrogens with one attached hydrogen (secondary N) is 2. The number of benzene rings is 1. The van der Waals surface area contributed by atoms with E-state index in [0.717, 1.165) is 19.3 Å². The highest BCUT2D eigenvalue weighted by molar-refractivity contribution is 6.30. The van der Waals surface area contributed by atoms with E-state index in [1.807, 2.05) is 24.3 Å². The zero-order valence-electron chi connectivity index (χ0n) is 14.4. The lowest BCUT2D eigenvalue weighted by molar-refractivity contribution is -0.120. The van der Waals surface area contributed by atoms with Crippen molar-refractivity contribution in [2.45, 2.75) is 51.0 Å². The second kappa shape index (κ2) is 7.43. The van der Waals surface area contributed by atoms with Crippen molar-refractivity contribution in [1.82, 2.24) is 10.6 Å². The molecule has 5 nitrogen and oxygen atoms in total. The summed E-state index contributed by atoms with van der Waals surface area (Å²) in [6.45, 7) is 5.80. The van der Waals surface area contributed by atoms with E-state index in [1.165, 1.54) is 5.56 Å². The summed E-state index contributed by atoms with van der Waals surface area (Å²) >= 11 is 5.95. The predicted molar refractivity (Wildman–Crippen MR) is 94.2 cm³/mol. The molecule has 6 heteroatoms. The number of rotatable bonds is 5. The van der Waals surface area contributed by atoms with Gasteiger partial charge in [-0.3, -0.25) is 4.79 Å². The van der Waals surface area contributed by atoms with Gasteiger partial charge in [-0.05, 0) is 51.3 Å². The van der Waals surface area contributed by atoms with Gasteiger partial charge in [0.2, 0.25) is 5.91 Å². The molecule has 2 rings (SSSR count). The number of hydrogen-bond donors (Lipinski definition) is 2. The van der Waals surface area contributed by atoms with Gasteiger partial charge in [0.1, 0.15) is 5.60 Å². The molecule has 2 N–H and O–H groups in total. The molecule has 0 atom stereocenters. The largest absolute Gasteiger partial charge is 0.444 e. The van der Waals surface area contributed by atoms with Gasteiger partial charge in [-0.2, -0.15) is 0 Å². The Labute approximate surface area is 148 Å². The molecule has 1 aromatic rings. The Morgan fingerprint density at radius 1 is 1.17 bits per heavy atom. The molecule has 0 unspecified atom stereocenters. The zero-order valence-corrected chi connectivity index (χ0v) is 15.2. The average molecular weight is 353 g/mol. The third-order valence-corrected chi connectivity index (χ3v) is 4.44. The summed E-state index contributed by atoms with van der Waals surface area (Å²) in [5.74, 6) is -0.221. The molecular weight excluding hydrogens is 328 g/mol. The third kappa shape index (κ3) is 5.13. The summed E-state index contributed by atoms with van der Waals surface area (Å²) < 4.78 is 5.10. The molecule has 24 heavy (non-hydrogen) atoms. The topological polar surface area (TPSA) is 67.4 Å². The van der Waals surface area contributed by atoms with E-state index in [2.05, 4.69) is 10.6 Å². The van der Waals surface area contributed by atoms with E-state index in [0.29, 0.717) is 11.6 Å². The van der Waals surface area contributed by atoms with Crippen LogP contribution in [0.4, 0.5) is 4.79 Å². The third-order valence-electron chi connectivity index (χ3n) is 4.18. The van der Waals surface area contributed by atoms with Gasteiger partial charge in [-0.15, -0.1) is 0 Å². The fourth-order valence-electron chi connectivity index (χ4n) is 2.77. The number of carbonyl (C=O) groups is 2. The molecule has 0 bridgehead atoms. The van der Waals surface area contributed by atoms with Crippen molar-refractivity contribution in [2.24, 2.45) is 0 Å². The van der Waals surface area contributed by atoms with Crippen LogP contribution in [0.3, 0.4) is 0 Å². The molecule has 1 aromatic carbocycles. The molecule has 0 aliphatic heterocycles. The summed E-state index contributed by atoms with van der Waals surface area (Å²) in [5, 5.41) is 6.09. The average Bonchev–Trinajstić information content (AvgIpc) is 2.44. The fourth-order valence-corrected chi connectivity index (χ4v) is 2.90. The lowest BCUT2D eigenvalue weighted by Gasteiger charge is -2.42. The Kier molecular flexibility index (Phi) is 5.75. The SMILES string of the molecule is CC(C)(C)OC(=O)NCC(=O)NCC1(c2ccc(Cl)cc2)CCC1. The molecule has 0 aromatic heterocycles. The van der Waals surface area contributed by atoms with Gasteiger partial charge >= 0.3 is 6.09 Å². The van der Waals surface area contributed by atoms with E-state index in [9.17, 15) is 9.59 Å². The summed E-state index contributed by atoms with van der Waals surface area (Å²) in [6, 6.07) is 7.80. The zero-order chi connectivity index (χ0) is 17.8. The molecule has 132 valence electrons. The van der Waals surface area contributed by atoms with E-state index in [1.54, 1.807) is 20.8 Å². The van der Waals surface area contributed by atoms with Gasteiger partial charge in [0.05, 0.1) is 6.54 Å². The van der Waals surface area contributed by atoms with Gasteiger partial charge in [0.25, 0.3) is 0 Å². The van der Waals surface area contributed by atoms with Crippen molar-refractivity contribution >= 4 is 23.6 Å². The molecule has 1 saturated carbocycles. The number of amides is 2. The van der Waals surface area contributed by atoms with Crippen molar-refractivity contribution in [2.75, 3.05) is 13.1 Å². The van der Waals surface area contributed by atoms with Crippen LogP contribution in [0.1, 0.15) is 45.6 Å². The second-order valence-corrected chi connectivity index (χ2v) is 7.71.